The number of sulfone groups is 1. The number of rotatable bonds is 6. The zero-order valence-electron chi connectivity index (χ0n) is 15.1. The second-order valence-corrected chi connectivity index (χ2v) is 10.3. The smallest absolute Gasteiger partial charge is 0.274 e. The summed E-state index contributed by atoms with van der Waals surface area (Å²) in [7, 11) is -3.21. The van der Waals surface area contributed by atoms with Crippen LogP contribution in [0.1, 0.15) is 29.4 Å². The number of nitrogens with zero attached hydrogens (tertiary/aromatic N) is 3. The molecule has 1 aliphatic rings. The van der Waals surface area contributed by atoms with Crippen LogP contribution in [-0.2, 0) is 16.4 Å². The highest BCUT2D eigenvalue weighted by Crippen LogP contribution is 2.25. The zero-order chi connectivity index (χ0) is 20.3. The third-order valence-corrected chi connectivity index (χ3v) is 7.14. The average molecular weight is 444 g/mol. The Morgan fingerprint density at radius 1 is 1.36 bits per heavy atom. The summed E-state index contributed by atoms with van der Waals surface area (Å²) < 4.78 is 37.2. The molecule has 0 saturated carbocycles. The molecule has 0 radical (unpaired) electrons. The first-order chi connectivity index (χ1) is 13.3. The molecule has 2 aromatic rings. The Hall–Kier alpha value is -1.71. The Kier molecular flexibility index (Phi) is 6.57. The molecule has 1 atom stereocenters. The minimum Gasteiger partial charge on any atom is -0.329 e. The van der Waals surface area contributed by atoms with E-state index in [1.807, 2.05) is 6.92 Å². The summed E-state index contributed by atoms with van der Waals surface area (Å²) >= 11 is 7.55. The zero-order valence-corrected chi connectivity index (χ0v) is 17.5. The molecule has 1 unspecified atom stereocenters. The van der Waals surface area contributed by atoms with Gasteiger partial charge in [0.15, 0.2) is 20.7 Å². The molecular formula is C18H19ClFN3O3S2. The van der Waals surface area contributed by atoms with Crippen molar-refractivity contribution < 1.29 is 17.6 Å². The molecule has 10 heteroatoms. The van der Waals surface area contributed by atoms with Gasteiger partial charge in [0.1, 0.15) is 5.82 Å². The lowest BCUT2D eigenvalue weighted by atomic mass is 10.1. The van der Waals surface area contributed by atoms with E-state index in [9.17, 15) is 17.6 Å². The molecule has 1 aromatic carbocycles. The predicted molar refractivity (Wildman–Crippen MR) is 107 cm³/mol. The largest absolute Gasteiger partial charge is 0.329 e. The van der Waals surface area contributed by atoms with Crippen molar-refractivity contribution in [1.82, 2.24) is 14.9 Å². The molecule has 0 N–H and O–H groups in total. The minimum absolute atomic E-state index is 0.0271. The first kappa shape index (κ1) is 21.0. The lowest BCUT2D eigenvalue weighted by molar-refractivity contribution is 0.0674. The summed E-state index contributed by atoms with van der Waals surface area (Å²) in [4.78, 5) is 23.1. The molecule has 1 aliphatic heterocycles. The first-order valence-corrected chi connectivity index (χ1v) is 11.9. The van der Waals surface area contributed by atoms with Gasteiger partial charge in [0.05, 0.1) is 22.7 Å². The fraction of sp³-hybridized carbons (Fsp3) is 0.389. The van der Waals surface area contributed by atoms with E-state index in [1.54, 1.807) is 12.1 Å². The highest BCUT2D eigenvalue weighted by atomic mass is 35.5. The monoisotopic (exact) mass is 443 g/mol. The third kappa shape index (κ3) is 5.01. The van der Waals surface area contributed by atoms with E-state index in [1.165, 1.54) is 35.0 Å². The van der Waals surface area contributed by atoms with Gasteiger partial charge in [-0.2, -0.15) is 0 Å². The summed E-state index contributed by atoms with van der Waals surface area (Å²) in [6.45, 7) is 2.07. The molecule has 2 heterocycles. The van der Waals surface area contributed by atoms with Crippen LogP contribution in [0, 0.1) is 5.82 Å². The van der Waals surface area contributed by atoms with Crippen LogP contribution >= 0.6 is 23.4 Å². The van der Waals surface area contributed by atoms with Crippen molar-refractivity contribution in [2.24, 2.45) is 0 Å². The summed E-state index contributed by atoms with van der Waals surface area (Å²) in [5.74, 6) is -0.199. The van der Waals surface area contributed by atoms with Crippen LogP contribution in [0.15, 0.2) is 35.6 Å². The standard InChI is InChI=1S/C18H19ClFN3O3S2/c1-2-27-18-21-9-15(19)16(22-18)17(24)23(14-7-8-28(25,26)11-14)10-12-3-5-13(20)6-4-12/h3-6,9,14H,2,7-8,10-11H2,1H3. The number of amides is 1. The summed E-state index contributed by atoms with van der Waals surface area (Å²) in [5.41, 5.74) is 0.728. The van der Waals surface area contributed by atoms with Gasteiger partial charge in [0.25, 0.3) is 5.91 Å². The maximum Gasteiger partial charge on any atom is 0.274 e. The number of hydrogen-bond donors (Lipinski definition) is 0. The maximum absolute atomic E-state index is 13.3. The van der Waals surface area contributed by atoms with Gasteiger partial charge >= 0.3 is 0 Å². The van der Waals surface area contributed by atoms with Gasteiger partial charge in [0.2, 0.25) is 0 Å². The molecular weight excluding hydrogens is 425 g/mol. The summed E-state index contributed by atoms with van der Waals surface area (Å²) in [5, 5.41) is 0.534. The van der Waals surface area contributed by atoms with Gasteiger partial charge in [-0.25, -0.2) is 22.8 Å². The number of carbonyl (C=O) groups is 1. The van der Waals surface area contributed by atoms with Gasteiger partial charge in [-0.1, -0.05) is 42.4 Å². The van der Waals surface area contributed by atoms with E-state index in [2.05, 4.69) is 9.97 Å². The van der Waals surface area contributed by atoms with Crippen LogP contribution < -0.4 is 0 Å². The quantitative estimate of drug-likeness (QED) is 0.503. The fourth-order valence-electron chi connectivity index (χ4n) is 3.01. The molecule has 28 heavy (non-hydrogen) atoms. The number of carbonyl (C=O) groups excluding carboxylic acids is 1. The highest BCUT2D eigenvalue weighted by molar-refractivity contribution is 7.99. The Balaban J connectivity index is 1.94. The van der Waals surface area contributed by atoms with Crippen LogP contribution in [0.2, 0.25) is 5.02 Å². The normalized spacial score (nSPS) is 18.2. The molecule has 0 bridgehead atoms. The fourth-order valence-corrected chi connectivity index (χ4v) is 5.45. The summed E-state index contributed by atoms with van der Waals surface area (Å²) in [6, 6.07) is 5.25. The van der Waals surface area contributed by atoms with Crippen molar-refractivity contribution in [3.05, 3.63) is 52.6 Å². The molecule has 1 amide bonds. The lowest BCUT2D eigenvalue weighted by Crippen LogP contribution is -2.41. The van der Waals surface area contributed by atoms with E-state index in [0.717, 1.165) is 5.75 Å². The lowest BCUT2D eigenvalue weighted by Gasteiger charge is -2.28. The Morgan fingerprint density at radius 2 is 2.07 bits per heavy atom. The first-order valence-electron chi connectivity index (χ1n) is 8.70. The third-order valence-electron chi connectivity index (χ3n) is 4.37. The SMILES string of the molecule is CCSc1ncc(Cl)c(C(=O)N(Cc2ccc(F)cc2)C2CCS(=O)(=O)C2)n1. The van der Waals surface area contributed by atoms with Crippen molar-refractivity contribution in [3.63, 3.8) is 0 Å². The molecule has 0 spiro atoms. The van der Waals surface area contributed by atoms with Crippen LogP contribution in [0.5, 0.6) is 0 Å². The molecule has 1 aromatic heterocycles. The minimum atomic E-state index is -3.21. The second kappa shape index (κ2) is 8.75. The van der Waals surface area contributed by atoms with Crippen molar-refractivity contribution in [2.75, 3.05) is 17.3 Å². The van der Waals surface area contributed by atoms with Crippen LogP contribution in [0.3, 0.4) is 0 Å². The average Bonchev–Trinajstić information content (AvgIpc) is 3.02. The second-order valence-electron chi connectivity index (χ2n) is 6.40. The van der Waals surface area contributed by atoms with Crippen molar-refractivity contribution in [1.29, 1.82) is 0 Å². The molecule has 3 rings (SSSR count). The number of halogens is 2. The molecule has 1 fully saturated rings. The molecule has 6 nitrogen and oxygen atoms in total. The number of aromatic nitrogens is 2. The Bertz CT molecular complexity index is 971. The van der Waals surface area contributed by atoms with Gasteiger partial charge in [-0.15, -0.1) is 0 Å². The van der Waals surface area contributed by atoms with Gasteiger partial charge in [0, 0.05) is 12.6 Å². The van der Waals surface area contributed by atoms with Crippen molar-refractivity contribution >= 4 is 39.1 Å². The van der Waals surface area contributed by atoms with Crippen LogP contribution in [-0.4, -0.2) is 52.5 Å². The van der Waals surface area contributed by atoms with Crippen molar-refractivity contribution in [2.45, 2.75) is 31.1 Å². The van der Waals surface area contributed by atoms with Crippen LogP contribution in [0.4, 0.5) is 4.39 Å². The predicted octanol–water partition coefficient (Wildman–Crippen LogP) is 3.21. The van der Waals surface area contributed by atoms with E-state index in [-0.39, 0.29) is 34.6 Å². The van der Waals surface area contributed by atoms with E-state index in [4.69, 9.17) is 11.6 Å². The Labute approximate surface area is 172 Å². The van der Waals surface area contributed by atoms with E-state index >= 15 is 0 Å². The van der Waals surface area contributed by atoms with Gasteiger partial charge in [-0.3, -0.25) is 4.79 Å². The van der Waals surface area contributed by atoms with E-state index < -0.39 is 21.8 Å². The van der Waals surface area contributed by atoms with Gasteiger partial charge < -0.3 is 4.90 Å². The Morgan fingerprint density at radius 3 is 2.68 bits per heavy atom. The topological polar surface area (TPSA) is 80.2 Å². The number of thioether (sulfide) groups is 1. The van der Waals surface area contributed by atoms with Gasteiger partial charge in [-0.05, 0) is 29.9 Å². The number of hydrogen-bond acceptors (Lipinski definition) is 6. The van der Waals surface area contributed by atoms with E-state index in [0.29, 0.717) is 17.1 Å². The summed E-state index contributed by atoms with van der Waals surface area (Å²) in [6.07, 6.45) is 1.72. The molecule has 1 saturated heterocycles. The van der Waals surface area contributed by atoms with Crippen molar-refractivity contribution in [3.8, 4) is 0 Å². The molecule has 0 aliphatic carbocycles. The molecule has 150 valence electrons. The number of benzene rings is 1. The highest BCUT2D eigenvalue weighted by Gasteiger charge is 2.36. The maximum atomic E-state index is 13.3. The van der Waals surface area contributed by atoms with Crippen LogP contribution in [0.25, 0.3) is 0 Å².